The maximum absolute atomic E-state index is 12.9. The van der Waals surface area contributed by atoms with Crippen LogP contribution >= 0.6 is 38.5 Å². The molecule has 0 aromatic heterocycles. The SMILES string of the molecule is COc1ccc(C(CC(=O)c2ccc(Br)cc2)Nc2ccc(I)cc2)cc1OC. The van der Waals surface area contributed by atoms with Crippen molar-refractivity contribution >= 4 is 50.0 Å². The number of nitrogens with one attached hydrogen (secondary N) is 1. The molecule has 1 atom stereocenters. The van der Waals surface area contributed by atoms with Gasteiger partial charge in [-0.05, 0) is 76.7 Å². The Balaban J connectivity index is 1.91. The lowest BCUT2D eigenvalue weighted by atomic mass is 9.97. The number of rotatable bonds is 8. The molecule has 6 heteroatoms. The second kappa shape index (κ2) is 10.1. The molecule has 0 bridgehead atoms. The zero-order chi connectivity index (χ0) is 20.8. The molecule has 0 heterocycles. The standard InChI is InChI=1S/C23H21BrINO3/c1-28-22-12-5-16(13-23(22)29-2)20(26-19-10-8-18(25)9-11-19)14-21(27)15-3-6-17(24)7-4-15/h3-13,20,26H,14H2,1-2H3. The van der Waals surface area contributed by atoms with Gasteiger partial charge in [-0.1, -0.05) is 34.1 Å². The van der Waals surface area contributed by atoms with E-state index in [4.69, 9.17) is 9.47 Å². The van der Waals surface area contributed by atoms with Crippen LogP contribution in [0.5, 0.6) is 11.5 Å². The molecule has 0 saturated heterocycles. The fourth-order valence-electron chi connectivity index (χ4n) is 3.01. The van der Waals surface area contributed by atoms with Crippen LogP contribution < -0.4 is 14.8 Å². The number of anilines is 1. The van der Waals surface area contributed by atoms with E-state index in [1.54, 1.807) is 14.2 Å². The number of hydrogen-bond donors (Lipinski definition) is 1. The first-order valence-corrected chi connectivity index (χ1v) is 10.9. The van der Waals surface area contributed by atoms with Crippen molar-refractivity contribution in [1.29, 1.82) is 0 Å². The van der Waals surface area contributed by atoms with E-state index in [2.05, 4.69) is 43.8 Å². The topological polar surface area (TPSA) is 47.6 Å². The van der Waals surface area contributed by atoms with Crippen molar-refractivity contribution < 1.29 is 14.3 Å². The summed E-state index contributed by atoms with van der Waals surface area (Å²) in [6.45, 7) is 0. The Hall–Kier alpha value is -2.06. The van der Waals surface area contributed by atoms with Crippen molar-refractivity contribution in [2.45, 2.75) is 12.5 Å². The number of carbonyl (C=O) groups is 1. The third-order valence-electron chi connectivity index (χ3n) is 4.55. The highest BCUT2D eigenvalue weighted by Crippen LogP contribution is 2.33. The first-order valence-electron chi connectivity index (χ1n) is 9.03. The lowest BCUT2D eigenvalue weighted by Crippen LogP contribution is -2.16. The number of carbonyl (C=O) groups excluding carboxylic acids is 1. The molecule has 0 aliphatic carbocycles. The van der Waals surface area contributed by atoms with Gasteiger partial charge in [-0.25, -0.2) is 0 Å². The summed E-state index contributed by atoms with van der Waals surface area (Å²) in [6.07, 6.45) is 0.309. The first kappa shape index (κ1) is 21.6. The molecule has 0 radical (unpaired) electrons. The summed E-state index contributed by atoms with van der Waals surface area (Å²) in [4.78, 5) is 12.9. The van der Waals surface area contributed by atoms with Crippen LogP contribution in [0.25, 0.3) is 0 Å². The average molecular weight is 566 g/mol. The lowest BCUT2D eigenvalue weighted by molar-refractivity contribution is 0.0976. The van der Waals surface area contributed by atoms with Gasteiger partial charge in [-0.15, -0.1) is 0 Å². The van der Waals surface area contributed by atoms with Gasteiger partial charge in [0, 0.05) is 25.7 Å². The van der Waals surface area contributed by atoms with Crippen molar-refractivity contribution in [2.24, 2.45) is 0 Å². The van der Waals surface area contributed by atoms with E-state index in [0.29, 0.717) is 23.5 Å². The van der Waals surface area contributed by atoms with Crippen LogP contribution in [-0.2, 0) is 0 Å². The van der Waals surface area contributed by atoms with Gasteiger partial charge in [0.05, 0.1) is 20.3 Å². The minimum Gasteiger partial charge on any atom is -0.493 e. The molecule has 3 aromatic carbocycles. The highest BCUT2D eigenvalue weighted by molar-refractivity contribution is 14.1. The minimum absolute atomic E-state index is 0.0651. The summed E-state index contributed by atoms with van der Waals surface area (Å²) in [5, 5.41) is 3.49. The Morgan fingerprint density at radius 2 is 1.62 bits per heavy atom. The molecule has 0 aliphatic heterocycles. The molecule has 3 aromatic rings. The smallest absolute Gasteiger partial charge is 0.165 e. The third kappa shape index (κ3) is 5.73. The van der Waals surface area contributed by atoms with E-state index in [-0.39, 0.29) is 11.8 Å². The Kier molecular flexibility index (Phi) is 7.55. The fraction of sp³-hybridized carbons (Fsp3) is 0.174. The van der Waals surface area contributed by atoms with Crippen molar-refractivity contribution in [1.82, 2.24) is 0 Å². The zero-order valence-corrected chi connectivity index (χ0v) is 19.9. The predicted molar refractivity (Wildman–Crippen MR) is 128 cm³/mol. The molecular formula is C23H21BrINO3. The van der Waals surface area contributed by atoms with Gasteiger partial charge in [0.15, 0.2) is 17.3 Å². The van der Waals surface area contributed by atoms with Crippen molar-refractivity contribution in [2.75, 3.05) is 19.5 Å². The van der Waals surface area contributed by atoms with Crippen molar-refractivity contribution in [3.8, 4) is 11.5 Å². The molecule has 0 amide bonds. The second-order valence-electron chi connectivity index (χ2n) is 6.45. The molecule has 150 valence electrons. The van der Waals surface area contributed by atoms with Gasteiger partial charge in [-0.2, -0.15) is 0 Å². The number of Topliss-reactive ketones (excluding diaryl/α,β-unsaturated/α-hetero) is 1. The van der Waals surface area contributed by atoms with E-state index in [1.165, 1.54) is 0 Å². The van der Waals surface area contributed by atoms with Gasteiger partial charge in [-0.3, -0.25) is 4.79 Å². The zero-order valence-electron chi connectivity index (χ0n) is 16.1. The van der Waals surface area contributed by atoms with E-state index in [0.717, 1.165) is 19.3 Å². The van der Waals surface area contributed by atoms with Gasteiger partial charge in [0.25, 0.3) is 0 Å². The normalized spacial score (nSPS) is 11.6. The molecule has 0 saturated carbocycles. The summed E-state index contributed by atoms with van der Waals surface area (Å²) in [6, 6.07) is 21.0. The maximum Gasteiger partial charge on any atom is 0.165 e. The van der Waals surface area contributed by atoms with E-state index < -0.39 is 0 Å². The Morgan fingerprint density at radius 1 is 0.966 bits per heavy atom. The lowest BCUT2D eigenvalue weighted by Gasteiger charge is -2.21. The fourth-order valence-corrected chi connectivity index (χ4v) is 3.63. The monoisotopic (exact) mass is 565 g/mol. The van der Waals surface area contributed by atoms with Crippen LogP contribution in [0.4, 0.5) is 5.69 Å². The maximum atomic E-state index is 12.9. The predicted octanol–water partition coefficient (Wildman–Crippen LogP) is 6.50. The molecule has 1 N–H and O–H groups in total. The summed E-state index contributed by atoms with van der Waals surface area (Å²) >= 11 is 5.68. The van der Waals surface area contributed by atoms with E-state index in [9.17, 15) is 4.79 Å². The molecule has 1 unspecified atom stereocenters. The van der Waals surface area contributed by atoms with Crippen LogP contribution in [0.2, 0.25) is 0 Å². The summed E-state index contributed by atoms with van der Waals surface area (Å²) in [5.41, 5.74) is 2.59. The number of methoxy groups -OCH3 is 2. The van der Waals surface area contributed by atoms with Crippen LogP contribution in [0, 0.1) is 3.57 Å². The number of ketones is 1. The van der Waals surface area contributed by atoms with Crippen molar-refractivity contribution in [3.05, 3.63) is 85.9 Å². The van der Waals surface area contributed by atoms with Gasteiger partial charge >= 0.3 is 0 Å². The number of hydrogen-bond acceptors (Lipinski definition) is 4. The minimum atomic E-state index is -0.217. The summed E-state index contributed by atoms with van der Waals surface area (Å²) in [5.74, 6) is 1.36. The summed E-state index contributed by atoms with van der Waals surface area (Å²) < 4.78 is 12.9. The van der Waals surface area contributed by atoms with Crippen LogP contribution in [0.1, 0.15) is 28.4 Å². The Bertz CT molecular complexity index is 974. The summed E-state index contributed by atoms with van der Waals surface area (Å²) in [7, 11) is 3.21. The molecule has 29 heavy (non-hydrogen) atoms. The van der Waals surface area contributed by atoms with Crippen LogP contribution in [-0.4, -0.2) is 20.0 Å². The largest absolute Gasteiger partial charge is 0.493 e. The van der Waals surface area contributed by atoms with Crippen molar-refractivity contribution in [3.63, 3.8) is 0 Å². The van der Waals surface area contributed by atoms with Crippen LogP contribution in [0.15, 0.2) is 71.2 Å². The molecular weight excluding hydrogens is 545 g/mol. The highest BCUT2D eigenvalue weighted by atomic mass is 127. The first-order chi connectivity index (χ1) is 14.0. The molecule has 0 aliphatic rings. The third-order valence-corrected chi connectivity index (χ3v) is 5.80. The number of benzene rings is 3. The van der Waals surface area contributed by atoms with Gasteiger partial charge < -0.3 is 14.8 Å². The Morgan fingerprint density at radius 3 is 2.24 bits per heavy atom. The Labute approximate surface area is 192 Å². The molecule has 0 fully saturated rings. The molecule has 3 rings (SSSR count). The van der Waals surface area contributed by atoms with Gasteiger partial charge in [0.1, 0.15) is 0 Å². The van der Waals surface area contributed by atoms with Gasteiger partial charge in [0.2, 0.25) is 0 Å². The molecule has 0 spiro atoms. The van der Waals surface area contributed by atoms with E-state index >= 15 is 0 Å². The van der Waals surface area contributed by atoms with E-state index in [1.807, 2.05) is 66.7 Å². The number of ether oxygens (including phenoxy) is 2. The second-order valence-corrected chi connectivity index (χ2v) is 8.61. The highest BCUT2D eigenvalue weighted by Gasteiger charge is 2.19. The average Bonchev–Trinajstić information content (AvgIpc) is 2.74. The quantitative estimate of drug-likeness (QED) is 0.250. The van der Waals surface area contributed by atoms with Crippen LogP contribution in [0.3, 0.4) is 0 Å². The molecule has 4 nitrogen and oxygen atoms in total. The number of halogens is 2.